The Morgan fingerprint density at radius 3 is 2.58 bits per heavy atom. The van der Waals surface area contributed by atoms with Crippen LogP contribution in [0.4, 0.5) is 9.18 Å². The van der Waals surface area contributed by atoms with Crippen molar-refractivity contribution in [3.05, 3.63) is 34.3 Å². The minimum atomic E-state index is -0.953. The Labute approximate surface area is 152 Å². The molecule has 0 bridgehead atoms. The highest BCUT2D eigenvalue weighted by molar-refractivity contribution is 9.10. The SMILES string of the molecule is CC(CC[C@@H]1C[C@H](F)CN1C(=O)OC(C)(C)C)c1ccc(Br)cc1. The molecule has 1 aromatic carbocycles. The minimum absolute atomic E-state index is 0.0762. The van der Waals surface area contributed by atoms with Gasteiger partial charge in [-0.15, -0.1) is 0 Å². The Kier molecular flexibility index (Phi) is 6.29. The zero-order valence-corrected chi connectivity index (χ0v) is 16.5. The van der Waals surface area contributed by atoms with E-state index >= 15 is 0 Å². The van der Waals surface area contributed by atoms with Gasteiger partial charge < -0.3 is 9.64 Å². The molecule has 1 aliphatic heterocycles. The van der Waals surface area contributed by atoms with Crippen LogP contribution in [0.2, 0.25) is 0 Å². The number of halogens is 2. The summed E-state index contributed by atoms with van der Waals surface area (Å²) >= 11 is 3.44. The molecule has 134 valence electrons. The van der Waals surface area contributed by atoms with E-state index in [-0.39, 0.29) is 12.6 Å². The molecule has 0 aromatic heterocycles. The molecular weight excluding hydrogens is 373 g/mol. The monoisotopic (exact) mass is 399 g/mol. The first-order valence-corrected chi connectivity index (χ1v) is 9.34. The van der Waals surface area contributed by atoms with Gasteiger partial charge in [-0.05, 0) is 57.2 Å². The van der Waals surface area contributed by atoms with Gasteiger partial charge in [0.05, 0.1) is 6.54 Å². The maximum Gasteiger partial charge on any atom is 0.410 e. The average molecular weight is 400 g/mol. The lowest BCUT2D eigenvalue weighted by atomic mass is 9.93. The lowest BCUT2D eigenvalue weighted by molar-refractivity contribution is 0.0210. The molecule has 2 rings (SSSR count). The fourth-order valence-corrected chi connectivity index (χ4v) is 3.34. The van der Waals surface area contributed by atoms with Crippen LogP contribution in [-0.2, 0) is 4.74 Å². The van der Waals surface area contributed by atoms with Gasteiger partial charge >= 0.3 is 6.09 Å². The smallest absolute Gasteiger partial charge is 0.410 e. The van der Waals surface area contributed by atoms with E-state index in [0.717, 1.165) is 17.3 Å². The van der Waals surface area contributed by atoms with Crippen molar-refractivity contribution in [2.24, 2.45) is 0 Å². The highest BCUT2D eigenvalue weighted by Gasteiger charge is 2.37. The molecular formula is C19H27BrFNO2. The third-order valence-corrected chi connectivity index (χ3v) is 4.89. The molecule has 5 heteroatoms. The second-order valence-electron chi connectivity index (χ2n) is 7.65. The first-order valence-electron chi connectivity index (χ1n) is 8.55. The van der Waals surface area contributed by atoms with Gasteiger partial charge in [-0.2, -0.15) is 0 Å². The molecule has 0 spiro atoms. The third kappa shape index (κ3) is 5.47. The molecule has 0 saturated carbocycles. The van der Waals surface area contributed by atoms with Crippen LogP contribution in [0.15, 0.2) is 28.7 Å². The van der Waals surface area contributed by atoms with Crippen molar-refractivity contribution in [1.82, 2.24) is 4.90 Å². The lowest BCUT2D eigenvalue weighted by Gasteiger charge is -2.29. The summed E-state index contributed by atoms with van der Waals surface area (Å²) in [5.74, 6) is 0.372. The third-order valence-electron chi connectivity index (χ3n) is 4.36. The first-order chi connectivity index (χ1) is 11.2. The Hall–Kier alpha value is -1.10. The second kappa shape index (κ2) is 7.85. The van der Waals surface area contributed by atoms with Crippen molar-refractivity contribution in [1.29, 1.82) is 0 Å². The summed E-state index contributed by atoms with van der Waals surface area (Å²) in [4.78, 5) is 13.9. The summed E-state index contributed by atoms with van der Waals surface area (Å²) in [6, 6.07) is 8.20. The summed E-state index contributed by atoms with van der Waals surface area (Å²) in [5, 5.41) is 0. The van der Waals surface area contributed by atoms with E-state index < -0.39 is 17.9 Å². The Morgan fingerprint density at radius 1 is 1.38 bits per heavy atom. The highest BCUT2D eigenvalue weighted by Crippen LogP contribution is 2.30. The summed E-state index contributed by atoms with van der Waals surface area (Å²) in [7, 11) is 0. The number of nitrogens with zero attached hydrogens (tertiary/aromatic N) is 1. The van der Waals surface area contributed by atoms with Crippen LogP contribution in [0.5, 0.6) is 0 Å². The van der Waals surface area contributed by atoms with Crippen molar-refractivity contribution in [2.75, 3.05) is 6.54 Å². The number of rotatable bonds is 4. The van der Waals surface area contributed by atoms with Crippen molar-refractivity contribution >= 4 is 22.0 Å². The van der Waals surface area contributed by atoms with Gasteiger partial charge in [0.15, 0.2) is 0 Å². The topological polar surface area (TPSA) is 29.5 Å². The largest absolute Gasteiger partial charge is 0.444 e. The Balaban J connectivity index is 1.94. The number of alkyl halides is 1. The molecule has 1 amide bonds. The number of benzene rings is 1. The number of amides is 1. The quantitative estimate of drug-likeness (QED) is 0.651. The summed E-state index contributed by atoms with van der Waals surface area (Å²) in [5.41, 5.74) is 0.706. The maximum atomic E-state index is 13.9. The van der Waals surface area contributed by atoms with Crippen molar-refractivity contribution in [3.63, 3.8) is 0 Å². The fraction of sp³-hybridized carbons (Fsp3) is 0.632. The summed E-state index contributed by atoms with van der Waals surface area (Å²) in [6.45, 7) is 7.81. The van der Waals surface area contributed by atoms with Gasteiger partial charge in [0.25, 0.3) is 0 Å². The van der Waals surface area contributed by atoms with E-state index in [1.165, 1.54) is 5.56 Å². The molecule has 3 nitrogen and oxygen atoms in total. The van der Waals surface area contributed by atoms with E-state index in [0.29, 0.717) is 12.3 Å². The van der Waals surface area contributed by atoms with Crippen molar-refractivity contribution in [2.45, 2.75) is 70.7 Å². The van der Waals surface area contributed by atoms with Gasteiger partial charge in [-0.25, -0.2) is 9.18 Å². The molecule has 3 atom stereocenters. The first kappa shape index (κ1) is 19.2. The van der Waals surface area contributed by atoms with Crippen molar-refractivity contribution < 1.29 is 13.9 Å². The van der Waals surface area contributed by atoms with Crippen LogP contribution in [-0.4, -0.2) is 35.4 Å². The van der Waals surface area contributed by atoms with Crippen LogP contribution < -0.4 is 0 Å². The molecule has 1 saturated heterocycles. The maximum absolute atomic E-state index is 13.9. The van der Waals surface area contributed by atoms with Gasteiger partial charge in [-0.1, -0.05) is 35.0 Å². The minimum Gasteiger partial charge on any atom is -0.444 e. The van der Waals surface area contributed by atoms with Gasteiger partial charge in [0, 0.05) is 16.9 Å². The van der Waals surface area contributed by atoms with Crippen LogP contribution >= 0.6 is 15.9 Å². The van der Waals surface area contributed by atoms with E-state index in [4.69, 9.17) is 4.74 Å². The standard InChI is InChI=1S/C19H27BrFNO2/c1-13(14-6-8-15(20)9-7-14)5-10-17-11-16(21)12-22(17)18(23)24-19(2,3)4/h6-9,13,16-17H,5,10-12H2,1-4H3/t13?,16-,17+/m0/s1. The van der Waals surface area contributed by atoms with E-state index in [2.05, 4.69) is 35.0 Å². The molecule has 1 aromatic rings. The zero-order valence-electron chi connectivity index (χ0n) is 14.9. The van der Waals surface area contributed by atoms with Crippen LogP contribution in [0, 0.1) is 0 Å². The molecule has 0 N–H and O–H groups in total. The summed E-state index contributed by atoms with van der Waals surface area (Å²) < 4.78 is 20.3. The van der Waals surface area contributed by atoms with Crippen LogP contribution in [0.1, 0.15) is 58.4 Å². The van der Waals surface area contributed by atoms with E-state index in [1.807, 2.05) is 32.9 Å². The molecule has 1 fully saturated rings. The highest BCUT2D eigenvalue weighted by atomic mass is 79.9. The van der Waals surface area contributed by atoms with Gasteiger partial charge in [0.1, 0.15) is 11.8 Å². The molecule has 24 heavy (non-hydrogen) atoms. The normalized spacial score (nSPS) is 22.5. The average Bonchev–Trinajstić information content (AvgIpc) is 2.85. The number of carbonyl (C=O) groups is 1. The number of carbonyl (C=O) groups excluding carboxylic acids is 1. The molecule has 0 aliphatic carbocycles. The number of likely N-dealkylation sites (tertiary alicyclic amines) is 1. The molecule has 1 aliphatic rings. The number of hydrogen-bond donors (Lipinski definition) is 0. The number of ether oxygens (including phenoxy) is 1. The predicted molar refractivity (Wildman–Crippen MR) is 98.0 cm³/mol. The second-order valence-corrected chi connectivity index (χ2v) is 8.57. The van der Waals surface area contributed by atoms with E-state index in [9.17, 15) is 9.18 Å². The molecule has 1 heterocycles. The van der Waals surface area contributed by atoms with Crippen LogP contribution in [0.3, 0.4) is 0 Å². The Bertz CT molecular complexity index is 555. The fourth-order valence-electron chi connectivity index (χ4n) is 3.08. The zero-order chi connectivity index (χ0) is 17.9. The Morgan fingerprint density at radius 2 is 2.00 bits per heavy atom. The summed E-state index contributed by atoms with van der Waals surface area (Å²) in [6.07, 6.45) is 0.760. The van der Waals surface area contributed by atoms with E-state index in [1.54, 1.807) is 4.90 Å². The van der Waals surface area contributed by atoms with Gasteiger partial charge in [0.2, 0.25) is 0 Å². The number of hydrogen-bond acceptors (Lipinski definition) is 2. The van der Waals surface area contributed by atoms with Gasteiger partial charge in [-0.3, -0.25) is 0 Å². The molecule has 0 radical (unpaired) electrons. The lowest BCUT2D eigenvalue weighted by Crippen LogP contribution is -2.40. The predicted octanol–water partition coefficient (Wildman–Crippen LogP) is 5.68. The molecule has 1 unspecified atom stereocenters. The van der Waals surface area contributed by atoms with Crippen LogP contribution in [0.25, 0.3) is 0 Å². The van der Waals surface area contributed by atoms with Crippen molar-refractivity contribution in [3.8, 4) is 0 Å².